The van der Waals surface area contributed by atoms with Crippen molar-refractivity contribution >= 4 is 5.91 Å². The Labute approximate surface area is 92.3 Å². The van der Waals surface area contributed by atoms with Crippen LogP contribution in [0.2, 0.25) is 0 Å². The molecule has 0 spiro atoms. The molecule has 1 saturated heterocycles. The molecule has 1 amide bonds. The SMILES string of the molecule is O=C(NC1(c2ncon2)CCC1)C1CCO1. The van der Waals surface area contributed by atoms with Crippen LogP contribution in [0, 0.1) is 0 Å². The topological polar surface area (TPSA) is 77.3 Å². The number of nitrogens with one attached hydrogen (secondary N) is 1. The fraction of sp³-hybridized carbons (Fsp3) is 0.700. The highest BCUT2D eigenvalue weighted by atomic mass is 16.5. The fourth-order valence-corrected chi connectivity index (χ4v) is 2.08. The van der Waals surface area contributed by atoms with Crippen molar-refractivity contribution in [1.29, 1.82) is 0 Å². The van der Waals surface area contributed by atoms with E-state index in [-0.39, 0.29) is 12.0 Å². The summed E-state index contributed by atoms with van der Waals surface area (Å²) in [5.74, 6) is 0.516. The molecule has 1 atom stereocenters. The Morgan fingerprint density at radius 1 is 1.56 bits per heavy atom. The molecule has 1 saturated carbocycles. The molecule has 1 aromatic rings. The van der Waals surface area contributed by atoms with Crippen LogP contribution >= 0.6 is 0 Å². The predicted molar refractivity (Wildman–Crippen MR) is 52.3 cm³/mol. The summed E-state index contributed by atoms with van der Waals surface area (Å²) in [6.07, 6.45) is 4.61. The minimum atomic E-state index is -0.414. The molecular weight excluding hydrogens is 210 g/mol. The van der Waals surface area contributed by atoms with Gasteiger partial charge in [0.1, 0.15) is 11.6 Å². The van der Waals surface area contributed by atoms with Crippen LogP contribution in [0.4, 0.5) is 0 Å². The number of rotatable bonds is 3. The van der Waals surface area contributed by atoms with Crippen LogP contribution in [-0.2, 0) is 15.1 Å². The third-order valence-corrected chi connectivity index (χ3v) is 3.35. The van der Waals surface area contributed by atoms with Crippen LogP contribution < -0.4 is 5.32 Å². The molecule has 0 aromatic carbocycles. The van der Waals surface area contributed by atoms with E-state index in [1.54, 1.807) is 0 Å². The molecule has 1 aromatic heterocycles. The van der Waals surface area contributed by atoms with Crippen LogP contribution in [0.3, 0.4) is 0 Å². The lowest BCUT2D eigenvalue weighted by Crippen LogP contribution is -2.56. The highest BCUT2D eigenvalue weighted by Crippen LogP contribution is 2.39. The highest BCUT2D eigenvalue weighted by molar-refractivity contribution is 5.82. The second kappa shape index (κ2) is 3.55. The molecule has 1 aliphatic carbocycles. The number of carbonyl (C=O) groups excluding carboxylic acids is 1. The van der Waals surface area contributed by atoms with E-state index in [0.29, 0.717) is 12.4 Å². The van der Waals surface area contributed by atoms with Crippen LogP contribution in [0.15, 0.2) is 10.9 Å². The lowest BCUT2D eigenvalue weighted by molar-refractivity contribution is -0.148. The van der Waals surface area contributed by atoms with E-state index >= 15 is 0 Å². The monoisotopic (exact) mass is 223 g/mol. The molecule has 1 N–H and O–H groups in total. The molecule has 86 valence electrons. The Morgan fingerprint density at radius 2 is 2.38 bits per heavy atom. The number of ether oxygens (including phenoxy) is 1. The van der Waals surface area contributed by atoms with Gasteiger partial charge >= 0.3 is 0 Å². The van der Waals surface area contributed by atoms with Gasteiger partial charge in [0, 0.05) is 6.42 Å². The normalized spacial score (nSPS) is 26.6. The van der Waals surface area contributed by atoms with E-state index < -0.39 is 5.54 Å². The Balaban J connectivity index is 1.73. The number of amides is 1. The van der Waals surface area contributed by atoms with Crippen molar-refractivity contribution in [3.05, 3.63) is 12.2 Å². The summed E-state index contributed by atoms with van der Waals surface area (Å²) in [4.78, 5) is 15.8. The van der Waals surface area contributed by atoms with Gasteiger partial charge in [-0.15, -0.1) is 0 Å². The van der Waals surface area contributed by atoms with Crippen molar-refractivity contribution in [1.82, 2.24) is 15.5 Å². The Hall–Kier alpha value is -1.43. The second-order valence-electron chi connectivity index (χ2n) is 4.33. The van der Waals surface area contributed by atoms with Crippen molar-refractivity contribution in [3.63, 3.8) is 0 Å². The van der Waals surface area contributed by atoms with Crippen molar-refractivity contribution in [3.8, 4) is 0 Å². The van der Waals surface area contributed by atoms with E-state index in [1.165, 1.54) is 6.39 Å². The molecule has 1 unspecified atom stereocenters. The van der Waals surface area contributed by atoms with Crippen LogP contribution in [0.5, 0.6) is 0 Å². The molecule has 2 fully saturated rings. The van der Waals surface area contributed by atoms with Gasteiger partial charge < -0.3 is 14.6 Å². The van der Waals surface area contributed by atoms with Gasteiger partial charge in [0.15, 0.2) is 5.82 Å². The number of carbonyl (C=O) groups is 1. The Bertz CT molecular complexity index is 382. The molecular formula is C10H13N3O3. The molecule has 0 bridgehead atoms. The largest absolute Gasteiger partial charge is 0.368 e. The van der Waals surface area contributed by atoms with Gasteiger partial charge in [-0.05, 0) is 19.3 Å². The van der Waals surface area contributed by atoms with E-state index in [2.05, 4.69) is 15.5 Å². The minimum absolute atomic E-state index is 0.0595. The predicted octanol–water partition coefficient (Wildman–Crippen LogP) is 0.354. The fourth-order valence-electron chi connectivity index (χ4n) is 2.08. The zero-order valence-electron chi connectivity index (χ0n) is 8.81. The van der Waals surface area contributed by atoms with Crippen molar-refractivity contribution in [2.24, 2.45) is 0 Å². The maximum Gasteiger partial charge on any atom is 0.250 e. The van der Waals surface area contributed by atoms with E-state index in [9.17, 15) is 4.79 Å². The zero-order chi connectivity index (χ0) is 11.0. The Kier molecular flexibility index (Phi) is 2.17. The van der Waals surface area contributed by atoms with Crippen LogP contribution in [0.1, 0.15) is 31.5 Å². The zero-order valence-corrected chi connectivity index (χ0v) is 8.81. The second-order valence-corrected chi connectivity index (χ2v) is 4.33. The molecule has 16 heavy (non-hydrogen) atoms. The van der Waals surface area contributed by atoms with Gasteiger partial charge in [-0.1, -0.05) is 5.16 Å². The number of hydrogen-bond acceptors (Lipinski definition) is 5. The first-order valence-corrected chi connectivity index (χ1v) is 5.51. The first-order valence-electron chi connectivity index (χ1n) is 5.51. The number of aromatic nitrogens is 2. The van der Waals surface area contributed by atoms with Gasteiger partial charge in [0.25, 0.3) is 0 Å². The minimum Gasteiger partial charge on any atom is -0.368 e. The number of nitrogens with zero attached hydrogens (tertiary/aromatic N) is 2. The molecule has 2 heterocycles. The first-order chi connectivity index (χ1) is 7.80. The summed E-state index contributed by atoms with van der Waals surface area (Å²) in [5, 5.41) is 6.81. The average Bonchev–Trinajstić information content (AvgIpc) is 2.60. The lowest BCUT2D eigenvalue weighted by Gasteiger charge is -2.41. The van der Waals surface area contributed by atoms with Crippen molar-refractivity contribution in [2.75, 3.05) is 6.61 Å². The molecule has 6 heteroatoms. The lowest BCUT2D eigenvalue weighted by atomic mass is 9.76. The van der Waals surface area contributed by atoms with Gasteiger partial charge in [-0.2, -0.15) is 4.98 Å². The summed E-state index contributed by atoms with van der Waals surface area (Å²) >= 11 is 0. The summed E-state index contributed by atoms with van der Waals surface area (Å²) in [6, 6.07) is 0. The molecule has 2 aliphatic rings. The maximum atomic E-state index is 11.8. The average molecular weight is 223 g/mol. The maximum absolute atomic E-state index is 11.8. The van der Waals surface area contributed by atoms with Gasteiger partial charge in [-0.25, -0.2) is 0 Å². The van der Waals surface area contributed by atoms with Crippen LogP contribution in [-0.4, -0.2) is 28.8 Å². The summed E-state index contributed by atoms with van der Waals surface area (Å²) in [5.41, 5.74) is -0.414. The Morgan fingerprint density at radius 3 is 2.81 bits per heavy atom. The standard InChI is InChI=1S/C10H13N3O3/c14-8(7-2-5-15-7)12-10(3-1-4-10)9-11-6-16-13-9/h6-7H,1-5H2,(H,12,14). The van der Waals surface area contributed by atoms with Gasteiger partial charge in [0.2, 0.25) is 12.3 Å². The first kappa shape index (κ1) is 9.77. The molecule has 0 radical (unpaired) electrons. The van der Waals surface area contributed by atoms with Crippen LogP contribution in [0.25, 0.3) is 0 Å². The van der Waals surface area contributed by atoms with E-state index in [4.69, 9.17) is 9.26 Å². The summed E-state index contributed by atoms with van der Waals surface area (Å²) in [7, 11) is 0. The van der Waals surface area contributed by atoms with E-state index in [0.717, 1.165) is 25.7 Å². The van der Waals surface area contributed by atoms with Crippen molar-refractivity contribution < 1.29 is 14.1 Å². The summed E-state index contributed by atoms with van der Waals surface area (Å²) < 4.78 is 9.88. The quantitative estimate of drug-likeness (QED) is 0.800. The molecule has 3 rings (SSSR count). The van der Waals surface area contributed by atoms with E-state index in [1.807, 2.05) is 0 Å². The molecule has 6 nitrogen and oxygen atoms in total. The smallest absolute Gasteiger partial charge is 0.250 e. The molecule has 1 aliphatic heterocycles. The van der Waals surface area contributed by atoms with Gasteiger partial charge in [0.05, 0.1) is 6.61 Å². The van der Waals surface area contributed by atoms with Crippen molar-refractivity contribution in [2.45, 2.75) is 37.3 Å². The number of hydrogen-bond donors (Lipinski definition) is 1. The van der Waals surface area contributed by atoms with Gasteiger partial charge in [-0.3, -0.25) is 4.79 Å². The summed E-state index contributed by atoms with van der Waals surface area (Å²) in [6.45, 7) is 0.674. The third-order valence-electron chi connectivity index (χ3n) is 3.35. The third kappa shape index (κ3) is 1.41. The highest BCUT2D eigenvalue weighted by Gasteiger charge is 2.45.